The topological polar surface area (TPSA) is 53.9 Å². The number of ether oxygens (including phenoxy) is 1. The van der Waals surface area contributed by atoms with E-state index in [4.69, 9.17) is 16.3 Å². The van der Waals surface area contributed by atoms with Crippen molar-refractivity contribution in [3.63, 3.8) is 0 Å². The van der Waals surface area contributed by atoms with Crippen LogP contribution in [0.1, 0.15) is 5.56 Å². The molecule has 0 heterocycles. The average Bonchev–Trinajstić information content (AvgIpc) is 2.53. The van der Waals surface area contributed by atoms with Crippen LogP contribution in [0.15, 0.2) is 53.6 Å². The predicted octanol–water partition coefficient (Wildman–Crippen LogP) is 2.94. The third-order valence-electron chi connectivity index (χ3n) is 2.98. The van der Waals surface area contributed by atoms with Gasteiger partial charge in [0.15, 0.2) is 6.61 Å². The van der Waals surface area contributed by atoms with Gasteiger partial charge < -0.3 is 9.64 Å². The maximum absolute atomic E-state index is 11.6. The predicted molar refractivity (Wildman–Crippen MR) is 93.5 cm³/mol. The number of halogens is 1. The molecule has 0 fully saturated rings. The largest absolute Gasteiger partial charge is 0.484 e. The van der Waals surface area contributed by atoms with E-state index < -0.39 is 0 Å². The van der Waals surface area contributed by atoms with Gasteiger partial charge in [-0.3, -0.25) is 4.79 Å². The first kappa shape index (κ1) is 16.8. The number of nitrogens with zero attached hydrogens (tertiary/aromatic N) is 2. The van der Waals surface area contributed by atoms with Crippen molar-refractivity contribution < 1.29 is 9.53 Å². The first-order chi connectivity index (χ1) is 11.0. The van der Waals surface area contributed by atoms with Gasteiger partial charge in [-0.1, -0.05) is 29.8 Å². The Morgan fingerprint density at radius 1 is 1.26 bits per heavy atom. The molecule has 0 aliphatic rings. The van der Waals surface area contributed by atoms with E-state index in [0.29, 0.717) is 10.8 Å². The van der Waals surface area contributed by atoms with E-state index in [1.807, 2.05) is 43.3 Å². The molecule has 0 saturated heterocycles. The minimum Gasteiger partial charge on any atom is -0.484 e. The first-order valence-corrected chi connectivity index (χ1v) is 7.40. The fourth-order valence-corrected chi connectivity index (χ4v) is 1.96. The van der Waals surface area contributed by atoms with Crippen molar-refractivity contribution in [1.82, 2.24) is 5.43 Å². The molecule has 0 aliphatic carbocycles. The molecule has 1 amide bonds. The summed E-state index contributed by atoms with van der Waals surface area (Å²) in [6, 6.07) is 14.7. The third-order valence-corrected chi connectivity index (χ3v) is 3.21. The van der Waals surface area contributed by atoms with Crippen LogP contribution in [0.2, 0.25) is 5.02 Å². The lowest BCUT2D eigenvalue weighted by molar-refractivity contribution is -0.123. The quantitative estimate of drug-likeness (QED) is 0.654. The Labute approximate surface area is 140 Å². The fourth-order valence-electron chi connectivity index (χ4n) is 1.78. The molecule has 120 valence electrons. The summed E-state index contributed by atoms with van der Waals surface area (Å²) in [5.74, 6) is 0.196. The van der Waals surface area contributed by atoms with Crippen LogP contribution in [0, 0.1) is 0 Å². The van der Waals surface area contributed by atoms with E-state index in [9.17, 15) is 4.79 Å². The van der Waals surface area contributed by atoms with Crippen LogP contribution >= 0.6 is 11.6 Å². The molecule has 1 N–H and O–H groups in total. The SMILES string of the molecule is CN(C)c1ccc(C=NNC(=O)COc2cccc(Cl)c2)cc1. The second-order valence-corrected chi connectivity index (χ2v) is 5.46. The van der Waals surface area contributed by atoms with Crippen LogP contribution in [-0.4, -0.2) is 32.8 Å². The minimum absolute atomic E-state index is 0.128. The molecule has 23 heavy (non-hydrogen) atoms. The van der Waals surface area contributed by atoms with Gasteiger partial charge in [-0.05, 0) is 35.9 Å². The lowest BCUT2D eigenvalue weighted by atomic mass is 10.2. The van der Waals surface area contributed by atoms with E-state index in [-0.39, 0.29) is 12.5 Å². The molecule has 0 saturated carbocycles. The molecule has 6 heteroatoms. The third kappa shape index (κ3) is 5.64. The van der Waals surface area contributed by atoms with Gasteiger partial charge in [0, 0.05) is 24.8 Å². The highest BCUT2D eigenvalue weighted by Crippen LogP contribution is 2.16. The zero-order valence-electron chi connectivity index (χ0n) is 13.0. The van der Waals surface area contributed by atoms with E-state index in [0.717, 1.165) is 11.3 Å². The summed E-state index contributed by atoms with van der Waals surface area (Å²) < 4.78 is 5.32. The number of hydrazone groups is 1. The molecular weight excluding hydrogens is 314 g/mol. The fraction of sp³-hybridized carbons (Fsp3) is 0.176. The van der Waals surface area contributed by atoms with Crippen molar-refractivity contribution in [3.05, 3.63) is 59.1 Å². The molecular formula is C17H18ClN3O2. The van der Waals surface area contributed by atoms with E-state index in [2.05, 4.69) is 10.5 Å². The molecule has 0 bridgehead atoms. The Morgan fingerprint density at radius 2 is 2.00 bits per heavy atom. The maximum Gasteiger partial charge on any atom is 0.277 e. The van der Waals surface area contributed by atoms with Gasteiger partial charge >= 0.3 is 0 Å². The summed E-state index contributed by atoms with van der Waals surface area (Å²) in [4.78, 5) is 13.7. The molecule has 0 unspecified atom stereocenters. The number of benzene rings is 2. The van der Waals surface area contributed by atoms with Crippen LogP contribution in [0.5, 0.6) is 5.75 Å². The average molecular weight is 332 g/mol. The summed E-state index contributed by atoms with van der Waals surface area (Å²) >= 11 is 5.84. The van der Waals surface area contributed by atoms with Gasteiger partial charge in [-0.2, -0.15) is 5.10 Å². The van der Waals surface area contributed by atoms with E-state index in [1.165, 1.54) is 0 Å². The van der Waals surface area contributed by atoms with Crippen LogP contribution < -0.4 is 15.1 Å². The number of carbonyl (C=O) groups excluding carboxylic acids is 1. The number of amides is 1. The molecule has 0 aromatic heterocycles. The van der Waals surface area contributed by atoms with E-state index in [1.54, 1.807) is 30.5 Å². The monoisotopic (exact) mass is 331 g/mol. The first-order valence-electron chi connectivity index (χ1n) is 7.02. The number of hydrogen-bond acceptors (Lipinski definition) is 4. The van der Waals surface area contributed by atoms with Crippen LogP contribution in [0.3, 0.4) is 0 Å². The molecule has 2 rings (SSSR count). The minimum atomic E-state index is -0.342. The molecule has 0 atom stereocenters. The van der Waals surface area contributed by atoms with Crippen molar-refractivity contribution in [2.75, 3.05) is 25.6 Å². The highest BCUT2D eigenvalue weighted by Gasteiger charge is 2.01. The summed E-state index contributed by atoms with van der Waals surface area (Å²) in [5, 5.41) is 4.46. The molecule has 0 radical (unpaired) electrons. The summed E-state index contributed by atoms with van der Waals surface area (Å²) in [6.45, 7) is -0.128. The van der Waals surface area contributed by atoms with Gasteiger partial charge in [0.1, 0.15) is 5.75 Å². The summed E-state index contributed by atoms with van der Waals surface area (Å²) in [6.07, 6.45) is 1.58. The molecule has 2 aromatic carbocycles. The van der Waals surface area contributed by atoms with Crippen LogP contribution in [0.4, 0.5) is 5.69 Å². The number of rotatable bonds is 6. The van der Waals surface area contributed by atoms with E-state index >= 15 is 0 Å². The van der Waals surface area contributed by atoms with Gasteiger partial charge in [0.05, 0.1) is 6.21 Å². The van der Waals surface area contributed by atoms with Gasteiger partial charge in [-0.15, -0.1) is 0 Å². The van der Waals surface area contributed by atoms with Crippen molar-refractivity contribution in [1.29, 1.82) is 0 Å². The number of nitrogens with one attached hydrogen (secondary N) is 1. The second kappa shape index (κ2) is 8.19. The summed E-state index contributed by atoms with van der Waals surface area (Å²) in [5.41, 5.74) is 4.41. The van der Waals surface area contributed by atoms with Crippen molar-refractivity contribution >= 4 is 29.4 Å². The van der Waals surface area contributed by atoms with Crippen LogP contribution in [0.25, 0.3) is 0 Å². The molecule has 0 aliphatic heterocycles. The van der Waals surface area contributed by atoms with Crippen molar-refractivity contribution in [2.24, 2.45) is 5.10 Å². The summed E-state index contributed by atoms with van der Waals surface area (Å²) in [7, 11) is 3.95. The highest BCUT2D eigenvalue weighted by atomic mass is 35.5. The lowest BCUT2D eigenvalue weighted by Crippen LogP contribution is -2.24. The Kier molecular flexibility index (Phi) is 6.00. The zero-order valence-corrected chi connectivity index (χ0v) is 13.7. The Morgan fingerprint density at radius 3 is 2.65 bits per heavy atom. The highest BCUT2D eigenvalue weighted by molar-refractivity contribution is 6.30. The smallest absolute Gasteiger partial charge is 0.277 e. The van der Waals surface area contributed by atoms with Gasteiger partial charge in [-0.25, -0.2) is 5.43 Å². The number of carbonyl (C=O) groups is 1. The molecule has 5 nitrogen and oxygen atoms in total. The normalized spacial score (nSPS) is 10.6. The lowest BCUT2D eigenvalue weighted by Gasteiger charge is -2.11. The van der Waals surface area contributed by atoms with Gasteiger partial charge in [0.2, 0.25) is 0 Å². The zero-order chi connectivity index (χ0) is 16.7. The van der Waals surface area contributed by atoms with Gasteiger partial charge in [0.25, 0.3) is 5.91 Å². The molecule has 2 aromatic rings. The van der Waals surface area contributed by atoms with Crippen molar-refractivity contribution in [2.45, 2.75) is 0 Å². The standard InChI is InChI=1S/C17H18ClN3O2/c1-21(2)15-8-6-13(7-9-15)11-19-20-17(22)12-23-16-5-3-4-14(18)10-16/h3-11H,12H2,1-2H3,(H,20,22). The second-order valence-electron chi connectivity index (χ2n) is 5.03. The Balaban J connectivity index is 1.79. The Hall–Kier alpha value is -2.53. The number of anilines is 1. The maximum atomic E-state index is 11.6. The molecule has 0 spiro atoms. The van der Waals surface area contributed by atoms with Crippen molar-refractivity contribution in [3.8, 4) is 5.75 Å². The Bertz CT molecular complexity index is 684. The number of hydrogen-bond donors (Lipinski definition) is 1. The van der Waals surface area contributed by atoms with Crippen LogP contribution in [-0.2, 0) is 4.79 Å².